The van der Waals surface area contributed by atoms with E-state index in [1.807, 2.05) is 31.2 Å². The molecule has 0 radical (unpaired) electrons. The van der Waals surface area contributed by atoms with Gasteiger partial charge < -0.3 is 5.32 Å². The number of carbonyl (C=O) groups is 1. The molecule has 3 nitrogen and oxygen atoms in total. The van der Waals surface area contributed by atoms with E-state index in [9.17, 15) is 4.79 Å². The molecule has 3 atom stereocenters. The zero-order valence-electron chi connectivity index (χ0n) is 11.9. The van der Waals surface area contributed by atoms with E-state index in [2.05, 4.69) is 26.2 Å². The van der Waals surface area contributed by atoms with Gasteiger partial charge in [-0.3, -0.25) is 9.78 Å². The van der Waals surface area contributed by atoms with Gasteiger partial charge in [0.15, 0.2) is 0 Å². The molecule has 1 heterocycles. The van der Waals surface area contributed by atoms with E-state index in [-0.39, 0.29) is 5.91 Å². The molecule has 1 aromatic heterocycles. The van der Waals surface area contributed by atoms with Crippen molar-refractivity contribution in [3.8, 4) is 0 Å². The summed E-state index contributed by atoms with van der Waals surface area (Å²) in [6.07, 6.45) is 3.78. The molecular formula is C17H17BrN2O. The molecule has 2 aliphatic carbocycles. The summed E-state index contributed by atoms with van der Waals surface area (Å²) in [5.41, 5.74) is 2.49. The van der Waals surface area contributed by atoms with Crippen LogP contribution in [-0.4, -0.2) is 16.9 Å². The maximum absolute atomic E-state index is 12.6. The Morgan fingerprint density at radius 3 is 2.86 bits per heavy atom. The summed E-state index contributed by atoms with van der Waals surface area (Å²) >= 11 is 3.48. The fourth-order valence-electron chi connectivity index (χ4n) is 3.65. The van der Waals surface area contributed by atoms with Gasteiger partial charge in [0.25, 0.3) is 5.91 Å². The van der Waals surface area contributed by atoms with Gasteiger partial charge in [-0.15, -0.1) is 0 Å². The molecule has 3 unspecified atom stereocenters. The van der Waals surface area contributed by atoms with Gasteiger partial charge in [0.1, 0.15) is 0 Å². The summed E-state index contributed by atoms with van der Waals surface area (Å²) < 4.78 is 0.970. The lowest BCUT2D eigenvalue weighted by Crippen LogP contribution is -2.57. The Hall–Kier alpha value is -1.42. The molecule has 2 aromatic rings. The standard InChI is InChI=1S/C17H17BrN2O/c1-9-6-14(13-8-11(18)3-5-15(13)19-9)17(21)20-16-7-10-2-4-12(10)16/h3,5-6,8,10,12,16H,2,4,7H2,1H3,(H,20,21). The second-order valence-electron chi connectivity index (χ2n) is 6.29. The van der Waals surface area contributed by atoms with Crippen LogP contribution in [-0.2, 0) is 0 Å². The maximum atomic E-state index is 12.6. The summed E-state index contributed by atoms with van der Waals surface area (Å²) in [6.45, 7) is 1.93. The first-order valence-electron chi connectivity index (χ1n) is 7.49. The molecule has 108 valence electrons. The molecule has 1 amide bonds. The van der Waals surface area contributed by atoms with Crippen molar-refractivity contribution in [1.29, 1.82) is 0 Å². The number of hydrogen-bond acceptors (Lipinski definition) is 2. The topological polar surface area (TPSA) is 42.0 Å². The fourth-order valence-corrected chi connectivity index (χ4v) is 4.01. The first kappa shape index (κ1) is 13.3. The summed E-state index contributed by atoms with van der Waals surface area (Å²) in [6, 6.07) is 8.16. The number of carbonyl (C=O) groups excluding carboxylic acids is 1. The summed E-state index contributed by atoms with van der Waals surface area (Å²) in [5.74, 6) is 1.65. The first-order chi connectivity index (χ1) is 10.1. The first-order valence-corrected chi connectivity index (χ1v) is 8.29. The lowest BCUT2D eigenvalue weighted by atomic mass is 9.56. The highest BCUT2D eigenvalue weighted by Crippen LogP contribution is 2.50. The molecule has 1 aromatic carbocycles. The van der Waals surface area contributed by atoms with Gasteiger partial charge in [-0.2, -0.15) is 0 Å². The second-order valence-corrected chi connectivity index (χ2v) is 7.21. The van der Waals surface area contributed by atoms with E-state index in [0.717, 1.165) is 44.9 Å². The van der Waals surface area contributed by atoms with Gasteiger partial charge in [-0.1, -0.05) is 15.9 Å². The summed E-state index contributed by atoms with van der Waals surface area (Å²) in [4.78, 5) is 17.2. The van der Waals surface area contributed by atoms with Crippen LogP contribution in [0, 0.1) is 18.8 Å². The molecule has 2 aliphatic rings. The lowest BCUT2D eigenvalue weighted by molar-refractivity contribution is 0.00668. The third-order valence-electron chi connectivity index (χ3n) is 5.01. The molecule has 2 fully saturated rings. The quantitative estimate of drug-likeness (QED) is 0.899. The van der Waals surface area contributed by atoms with Crippen LogP contribution in [0.1, 0.15) is 35.3 Å². The SMILES string of the molecule is Cc1cc(C(=O)NC2CC3CCC32)c2cc(Br)ccc2n1. The number of nitrogens with one attached hydrogen (secondary N) is 1. The number of hydrogen-bond donors (Lipinski definition) is 1. The van der Waals surface area contributed by atoms with Crippen LogP contribution in [0.25, 0.3) is 10.9 Å². The molecule has 4 rings (SSSR count). The highest BCUT2D eigenvalue weighted by Gasteiger charge is 2.47. The van der Waals surface area contributed by atoms with Crippen molar-refractivity contribution < 1.29 is 4.79 Å². The van der Waals surface area contributed by atoms with Gasteiger partial charge in [-0.25, -0.2) is 0 Å². The van der Waals surface area contributed by atoms with Crippen molar-refractivity contribution in [2.45, 2.75) is 32.2 Å². The molecule has 4 heteroatoms. The average molecular weight is 345 g/mol. The zero-order valence-corrected chi connectivity index (χ0v) is 13.5. The molecule has 21 heavy (non-hydrogen) atoms. The van der Waals surface area contributed by atoms with Gasteiger partial charge >= 0.3 is 0 Å². The molecule has 0 saturated heterocycles. The van der Waals surface area contributed by atoms with E-state index in [1.165, 1.54) is 12.8 Å². The largest absolute Gasteiger partial charge is 0.349 e. The smallest absolute Gasteiger partial charge is 0.252 e. The Kier molecular flexibility index (Phi) is 3.03. The second kappa shape index (κ2) is 4.80. The number of nitrogens with zero attached hydrogens (tertiary/aromatic N) is 1. The van der Waals surface area contributed by atoms with Crippen molar-refractivity contribution >= 4 is 32.7 Å². The number of benzene rings is 1. The van der Waals surface area contributed by atoms with Crippen molar-refractivity contribution in [2.24, 2.45) is 11.8 Å². The normalized spacial score (nSPS) is 26.7. The molecule has 2 saturated carbocycles. The minimum Gasteiger partial charge on any atom is -0.349 e. The van der Waals surface area contributed by atoms with Gasteiger partial charge in [-0.05, 0) is 62.3 Å². The highest BCUT2D eigenvalue weighted by atomic mass is 79.9. The number of halogens is 1. The molecule has 0 aliphatic heterocycles. The van der Waals surface area contributed by atoms with Crippen molar-refractivity contribution in [2.75, 3.05) is 0 Å². The van der Waals surface area contributed by atoms with Crippen LogP contribution in [0.3, 0.4) is 0 Å². The Labute approximate surface area is 132 Å². The Bertz CT molecular complexity index is 743. The van der Waals surface area contributed by atoms with Crippen LogP contribution in [0.5, 0.6) is 0 Å². The Morgan fingerprint density at radius 1 is 1.33 bits per heavy atom. The van der Waals surface area contributed by atoms with Gasteiger partial charge in [0.05, 0.1) is 11.1 Å². The van der Waals surface area contributed by atoms with E-state index < -0.39 is 0 Å². The number of fused-ring (bicyclic) bond motifs is 2. The molecular weight excluding hydrogens is 328 g/mol. The van der Waals surface area contributed by atoms with Crippen LogP contribution < -0.4 is 5.32 Å². The third-order valence-corrected chi connectivity index (χ3v) is 5.50. The Balaban J connectivity index is 1.67. The zero-order chi connectivity index (χ0) is 14.6. The monoisotopic (exact) mass is 344 g/mol. The van der Waals surface area contributed by atoms with Crippen molar-refractivity contribution in [3.63, 3.8) is 0 Å². The Morgan fingerprint density at radius 2 is 2.19 bits per heavy atom. The summed E-state index contributed by atoms with van der Waals surface area (Å²) in [5, 5.41) is 4.13. The number of pyridine rings is 1. The van der Waals surface area contributed by atoms with E-state index in [0.29, 0.717) is 6.04 Å². The van der Waals surface area contributed by atoms with Crippen LogP contribution in [0.2, 0.25) is 0 Å². The minimum absolute atomic E-state index is 0.0407. The predicted molar refractivity (Wildman–Crippen MR) is 86.3 cm³/mol. The maximum Gasteiger partial charge on any atom is 0.252 e. The van der Waals surface area contributed by atoms with E-state index in [4.69, 9.17) is 0 Å². The van der Waals surface area contributed by atoms with Crippen molar-refractivity contribution in [3.05, 3.63) is 40.0 Å². The predicted octanol–water partition coefficient (Wildman–Crippen LogP) is 3.83. The number of amides is 1. The number of rotatable bonds is 2. The van der Waals surface area contributed by atoms with E-state index in [1.54, 1.807) is 0 Å². The third kappa shape index (κ3) is 2.16. The van der Waals surface area contributed by atoms with Crippen LogP contribution >= 0.6 is 15.9 Å². The average Bonchev–Trinajstić information content (AvgIpc) is 2.43. The van der Waals surface area contributed by atoms with Gasteiger partial charge in [0, 0.05) is 21.6 Å². The highest BCUT2D eigenvalue weighted by molar-refractivity contribution is 9.10. The lowest BCUT2D eigenvalue weighted by Gasteiger charge is -2.53. The number of aromatic nitrogens is 1. The molecule has 0 spiro atoms. The van der Waals surface area contributed by atoms with Crippen LogP contribution in [0.15, 0.2) is 28.7 Å². The molecule has 1 N–H and O–H groups in total. The summed E-state index contributed by atoms with van der Waals surface area (Å²) in [7, 11) is 0. The minimum atomic E-state index is 0.0407. The van der Waals surface area contributed by atoms with Crippen molar-refractivity contribution in [1.82, 2.24) is 10.3 Å². The fraction of sp³-hybridized carbons (Fsp3) is 0.412. The number of aryl methyl sites for hydroxylation is 1. The molecule has 0 bridgehead atoms. The van der Waals surface area contributed by atoms with Gasteiger partial charge in [0.2, 0.25) is 0 Å². The van der Waals surface area contributed by atoms with Crippen LogP contribution in [0.4, 0.5) is 0 Å². The van der Waals surface area contributed by atoms with E-state index >= 15 is 0 Å².